The second kappa shape index (κ2) is 7.22. The number of piperazine rings is 1. The van der Waals surface area contributed by atoms with Gasteiger partial charge in [0, 0.05) is 31.4 Å². The number of carbonyl (C=O) groups excluding carboxylic acids is 2. The first-order chi connectivity index (χ1) is 10.5. The highest BCUT2D eigenvalue weighted by Crippen LogP contribution is 2.16. The molecule has 2 rings (SSSR count). The van der Waals surface area contributed by atoms with E-state index in [1.54, 1.807) is 6.08 Å². The summed E-state index contributed by atoms with van der Waals surface area (Å²) in [5, 5.41) is 7.21. The Morgan fingerprint density at radius 2 is 2.41 bits per heavy atom. The summed E-state index contributed by atoms with van der Waals surface area (Å²) in [6, 6.07) is -0.497. The monoisotopic (exact) mass is 306 g/mol. The highest BCUT2D eigenvalue weighted by atomic mass is 16.5. The minimum atomic E-state index is -0.497. The molecular formula is C15H22N4O3. The molecule has 7 nitrogen and oxygen atoms in total. The van der Waals surface area contributed by atoms with Crippen LogP contribution in [0.5, 0.6) is 0 Å². The number of aromatic nitrogens is 2. The van der Waals surface area contributed by atoms with Crippen LogP contribution in [0.1, 0.15) is 17.7 Å². The topological polar surface area (TPSA) is 76.5 Å². The Balaban J connectivity index is 2.12. The number of carbonyl (C=O) groups is 2. The summed E-state index contributed by atoms with van der Waals surface area (Å²) in [5.41, 5.74) is 1.97. The molecule has 0 aliphatic carbocycles. The van der Waals surface area contributed by atoms with Crippen molar-refractivity contribution >= 4 is 11.9 Å². The number of ether oxygens (including phenoxy) is 1. The second-order valence-electron chi connectivity index (χ2n) is 5.31. The summed E-state index contributed by atoms with van der Waals surface area (Å²) in [6.45, 7) is 8.14. The van der Waals surface area contributed by atoms with Gasteiger partial charge in [0.25, 0.3) is 0 Å². The molecule has 1 N–H and O–H groups in total. The lowest BCUT2D eigenvalue weighted by atomic mass is 10.1. The quantitative estimate of drug-likeness (QED) is 0.602. The smallest absolute Gasteiger partial charge is 0.307 e. The zero-order valence-electron chi connectivity index (χ0n) is 13.0. The van der Waals surface area contributed by atoms with Crippen LogP contribution in [0.2, 0.25) is 0 Å². The largest absolute Gasteiger partial charge is 0.469 e. The minimum absolute atomic E-state index is 0.0577. The molecule has 1 amide bonds. The van der Waals surface area contributed by atoms with E-state index in [9.17, 15) is 9.59 Å². The number of allylic oxidation sites excluding steroid dienone is 1. The zero-order chi connectivity index (χ0) is 16.1. The van der Waals surface area contributed by atoms with Gasteiger partial charge in [0.05, 0.1) is 25.8 Å². The van der Waals surface area contributed by atoms with Gasteiger partial charge in [-0.25, -0.2) is 0 Å². The average molecular weight is 306 g/mol. The molecule has 22 heavy (non-hydrogen) atoms. The van der Waals surface area contributed by atoms with Gasteiger partial charge in [-0.15, -0.1) is 6.58 Å². The third-order valence-corrected chi connectivity index (χ3v) is 3.77. The molecule has 1 saturated heterocycles. The Bertz CT molecular complexity index is 567. The number of nitrogens with one attached hydrogen (secondary N) is 1. The Hall–Kier alpha value is -2.15. The van der Waals surface area contributed by atoms with E-state index in [1.807, 2.05) is 22.7 Å². The molecule has 0 saturated carbocycles. The number of aryl methyl sites for hydroxylation is 1. The van der Waals surface area contributed by atoms with E-state index >= 15 is 0 Å². The molecule has 0 spiro atoms. The van der Waals surface area contributed by atoms with Gasteiger partial charge in [-0.2, -0.15) is 5.10 Å². The summed E-state index contributed by atoms with van der Waals surface area (Å²) >= 11 is 0. The number of methoxy groups -OCH3 is 1. The molecule has 0 radical (unpaired) electrons. The van der Waals surface area contributed by atoms with Crippen molar-refractivity contribution in [2.75, 3.05) is 20.2 Å². The van der Waals surface area contributed by atoms with Crippen LogP contribution < -0.4 is 5.32 Å². The van der Waals surface area contributed by atoms with Crippen LogP contribution in [-0.2, 0) is 27.4 Å². The molecule has 7 heteroatoms. The molecule has 0 bridgehead atoms. The maximum absolute atomic E-state index is 12.0. The summed E-state index contributed by atoms with van der Waals surface area (Å²) < 4.78 is 6.50. The van der Waals surface area contributed by atoms with E-state index < -0.39 is 6.04 Å². The van der Waals surface area contributed by atoms with Crippen molar-refractivity contribution in [3.8, 4) is 0 Å². The van der Waals surface area contributed by atoms with Crippen LogP contribution in [0.25, 0.3) is 0 Å². The number of hydrogen-bond acceptors (Lipinski definition) is 5. The van der Waals surface area contributed by atoms with Gasteiger partial charge in [0.15, 0.2) is 0 Å². The molecule has 1 aliphatic heterocycles. The van der Waals surface area contributed by atoms with Crippen molar-refractivity contribution < 1.29 is 14.3 Å². The van der Waals surface area contributed by atoms with Crippen molar-refractivity contribution in [1.82, 2.24) is 20.0 Å². The lowest BCUT2D eigenvalue weighted by Crippen LogP contribution is -2.55. The number of amides is 1. The predicted molar refractivity (Wildman–Crippen MR) is 81.0 cm³/mol. The Labute approximate surface area is 129 Å². The van der Waals surface area contributed by atoms with Crippen molar-refractivity contribution in [3.63, 3.8) is 0 Å². The van der Waals surface area contributed by atoms with E-state index in [1.165, 1.54) is 7.11 Å². The highest BCUT2D eigenvalue weighted by molar-refractivity contribution is 5.87. The lowest BCUT2D eigenvalue weighted by molar-refractivity contribution is -0.146. The average Bonchev–Trinajstić information content (AvgIpc) is 2.82. The third kappa shape index (κ3) is 3.73. The highest BCUT2D eigenvalue weighted by Gasteiger charge is 2.32. The fraction of sp³-hybridized carbons (Fsp3) is 0.533. The Morgan fingerprint density at radius 3 is 3.09 bits per heavy atom. The molecule has 1 aliphatic rings. The first-order valence-corrected chi connectivity index (χ1v) is 7.27. The number of nitrogens with zero attached hydrogens (tertiary/aromatic N) is 3. The van der Waals surface area contributed by atoms with Gasteiger partial charge in [0.1, 0.15) is 6.04 Å². The molecule has 120 valence electrons. The molecule has 1 fully saturated rings. The maximum atomic E-state index is 12.0. The maximum Gasteiger partial charge on any atom is 0.307 e. The van der Waals surface area contributed by atoms with Crippen LogP contribution >= 0.6 is 0 Å². The van der Waals surface area contributed by atoms with Crippen LogP contribution in [0.4, 0.5) is 0 Å². The van der Waals surface area contributed by atoms with Crippen LogP contribution in [0, 0.1) is 6.92 Å². The van der Waals surface area contributed by atoms with Gasteiger partial charge in [0.2, 0.25) is 5.91 Å². The lowest BCUT2D eigenvalue weighted by Gasteiger charge is -2.34. The molecule has 2 heterocycles. The van der Waals surface area contributed by atoms with Crippen LogP contribution in [0.15, 0.2) is 18.9 Å². The van der Waals surface area contributed by atoms with E-state index in [4.69, 9.17) is 0 Å². The summed E-state index contributed by atoms with van der Waals surface area (Å²) in [5.74, 6) is -0.515. The van der Waals surface area contributed by atoms with E-state index in [0.29, 0.717) is 26.2 Å². The zero-order valence-corrected chi connectivity index (χ0v) is 13.0. The molecular weight excluding hydrogens is 284 g/mol. The summed E-state index contributed by atoms with van der Waals surface area (Å²) in [7, 11) is 1.33. The van der Waals surface area contributed by atoms with Gasteiger partial charge in [-0.05, 0) is 6.92 Å². The normalized spacial score (nSPS) is 18.8. The second-order valence-corrected chi connectivity index (χ2v) is 5.31. The van der Waals surface area contributed by atoms with Crippen molar-refractivity contribution in [1.29, 1.82) is 0 Å². The van der Waals surface area contributed by atoms with Crippen molar-refractivity contribution in [2.24, 2.45) is 0 Å². The molecule has 1 aromatic heterocycles. The van der Waals surface area contributed by atoms with Crippen molar-refractivity contribution in [2.45, 2.75) is 32.5 Å². The van der Waals surface area contributed by atoms with Crippen LogP contribution in [-0.4, -0.2) is 52.8 Å². The fourth-order valence-electron chi connectivity index (χ4n) is 2.57. The fourth-order valence-corrected chi connectivity index (χ4v) is 2.57. The van der Waals surface area contributed by atoms with Gasteiger partial charge in [-0.1, -0.05) is 6.08 Å². The standard InChI is InChI=1S/C15H22N4O3/c1-4-6-19-10-12(11(2)17-19)9-18-7-5-16-15(21)13(18)8-14(20)22-3/h4,10,13H,1,5-9H2,2-3H3,(H,16,21)/t13-/m0/s1. The number of esters is 1. The van der Waals surface area contributed by atoms with E-state index in [0.717, 1.165) is 11.3 Å². The van der Waals surface area contributed by atoms with Gasteiger partial charge >= 0.3 is 5.97 Å². The number of rotatable bonds is 6. The molecule has 0 unspecified atom stereocenters. The van der Waals surface area contributed by atoms with E-state index in [2.05, 4.69) is 21.7 Å². The summed E-state index contributed by atoms with van der Waals surface area (Å²) in [4.78, 5) is 25.6. The first kappa shape index (κ1) is 16.2. The van der Waals surface area contributed by atoms with Gasteiger partial charge < -0.3 is 10.1 Å². The third-order valence-electron chi connectivity index (χ3n) is 3.77. The molecule has 1 aromatic rings. The number of hydrogen-bond donors (Lipinski definition) is 1. The summed E-state index contributed by atoms with van der Waals surface area (Å²) in [6.07, 6.45) is 3.80. The van der Waals surface area contributed by atoms with Crippen LogP contribution in [0.3, 0.4) is 0 Å². The Morgan fingerprint density at radius 1 is 1.64 bits per heavy atom. The predicted octanol–water partition coefficient (Wildman–Crippen LogP) is 0.241. The SMILES string of the molecule is C=CCn1cc(CN2CCNC(=O)[C@@H]2CC(=O)OC)c(C)n1. The van der Waals surface area contributed by atoms with Gasteiger partial charge in [-0.3, -0.25) is 19.2 Å². The van der Waals surface area contributed by atoms with E-state index in [-0.39, 0.29) is 18.3 Å². The first-order valence-electron chi connectivity index (χ1n) is 7.27. The molecule has 0 aromatic carbocycles. The molecule has 1 atom stereocenters. The van der Waals surface area contributed by atoms with Crippen molar-refractivity contribution in [3.05, 3.63) is 30.1 Å². The minimum Gasteiger partial charge on any atom is -0.469 e. The Kier molecular flexibility index (Phi) is 5.32.